The van der Waals surface area contributed by atoms with E-state index in [2.05, 4.69) is 0 Å². The Labute approximate surface area is 111 Å². The van der Waals surface area contributed by atoms with Crippen LogP contribution >= 0.6 is 0 Å². The maximum atomic E-state index is 11.6. The zero-order valence-electron chi connectivity index (χ0n) is 7.60. The molecule has 0 aliphatic heterocycles. The average molecular weight is 326 g/mol. The van der Waals surface area contributed by atoms with Crippen molar-refractivity contribution in [3.63, 3.8) is 0 Å². The van der Waals surface area contributed by atoms with E-state index in [9.17, 15) is 39.5 Å². The van der Waals surface area contributed by atoms with E-state index in [-0.39, 0.29) is 18.9 Å². The van der Waals surface area contributed by atoms with E-state index < -0.39 is 34.8 Å². The number of rotatable bonds is 2. The Morgan fingerprint density at radius 2 is 1.05 bits per heavy atom. The fourth-order valence-electron chi connectivity index (χ4n) is 0.326. The number of hydrogen-bond acceptors (Lipinski definition) is 2. The predicted octanol–water partition coefficient (Wildman–Crippen LogP) is 1.78. The average Bonchev–Trinajstić information content (AvgIpc) is 1.97. The van der Waals surface area contributed by atoms with Crippen molar-refractivity contribution < 1.29 is 57.0 Å². The third-order valence-electron chi connectivity index (χ3n) is 1.05. The molecule has 0 heterocycles. The number of hydrogen-bond donors (Lipinski definition) is 2. The van der Waals surface area contributed by atoms with Crippen LogP contribution in [0.5, 0.6) is 0 Å². The summed E-state index contributed by atoms with van der Waals surface area (Å²) in [6.07, 6.45) is -11.8. The second-order valence-electron chi connectivity index (χ2n) is 2.44. The van der Waals surface area contributed by atoms with Gasteiger partial charge in [0.2, 0.25) is 0 Å². The quantitative estimate of drug-likeness (QED) is 0.461. The van der Waals surface area contributed by atoms with Gasteiger partial charge in [0.05, 0.1) is 0 Å². The third-order valence-corrected chi connectivity index (χ3v) is 1.05. The molecule has 0 atom stereocenters. The molecule has 0 saturated carbocycles. The van der Waals surface area contributed by atoms with Crippen molar-refractivity contribution in [3.05, 3.63) is 0 Å². The summed E-state index contributed by atoms with van der Waals surface area (Å²) in [6.45, 7) is 0. The molecule has 0 aromatic rings. The van der Waals surface area contributed by atoms with Crippen LogP contribution in [0.3, 0.4) is 0 Å². The van der Waals surface area contributed by atoms with Crippen molar-refractivity contribution in [2.24, 2.45) is 0 Å². The monoisotopic (exact) mass is 326 g/mol. The molecule has 0 aliphatic carbocycles. The van der Waals surface area contributed by atoms with Gasteiger partial charge >= 0.3 is 53.7 Å². The van der Waals surface area contributed by atoms with E-state index in [4.69, 9.17) is 17.5 Å². The first kappa shape index (κ1) is 23.9. The predicted molar refractivity (Wildman–Crippen MR) is 43.3 cm³/mol. The van der Waals surface area contributed by atoms with Gasteiger partial charge in [-0.25, -0.2) is 8.78 Å². The van der Waals surface area contributed by atoms with Crippen molar-refractivity contribution >= 4 is 29.3 Å². The zero-order valence-corrected chi connectivity index (χ0v) is 8.41. The minimum absolute atomic E-state index is 0. The first-order valence-electron chi connectivity index (χ1n) is 3.25. The Balaban J connectivity index is -0.000000366. The summed E-state index contributed by atoms with van der Waals surface area (Å²) in [5.74, 6) is -13.1. The first-order chi connectivity index (χ1) is 7.44. The summed E-state index contributed by atoms with van der Waals surface area (Å²) < 4.78 is 134. The van der Waals surface area contributed by atoms with Crippen LogP contribution in [0, 0.1) is 0 Å². The van der Waals surface area contributed by atoms with Gasteiger partial charge in [-0.3, -0.25) is 9.11 Å². The molecule has 0 aromatic carbocycles. The fourth-order valence-corrected chi connectivity index (χ4v) is 0.326. The minimum atomic E-state index is -6.73. The van der Waals surface area contributed by atoms with Crippen LogP contribution in [-0.4, -0.2) is 60.8 Å². The summed E-state index contributed by atoms with van der Waals surface area (Å²) >= 11 is 0. The molecule has 0 fully saturated rings. The molecule has 0 radical (unpaired) electrons. The molecule has 0 aliphatic rings. The van der Waals surface area contributed by atoms with Crippen molar-refractivity contribution in [1.29, 1.82) is 0 Å². The first-order valence-corrected chi connectivity index (χ1v) is 4.64. The fraction of sp³-hybridized carbons (Fsp3) is 1.00. The molecule has 19 heavy (non-hydrogen) atoms. The van der Waals surface area contributed by atoms with Crippen molar-refractivity contribution in [3.8, 4) is 0 Å². The molecule has 0 amide bonds. The van der Waals surface area contributed by atoms with Crippen LogP contribution in [-0.2, 0) is 10.4 Å². The topological polar surface area (TPSA) is 74.6 Å². The van der Waals surface area contributed by atoms with Gasteiger partial charge in [-0.2, -0.15) is 39.2 Å². The van der Waals surface area contributed by atoms with Crippen molar-refractivity contribution in [2.45, 2.75) is 24.4 Å². The van der Waals surface area contributed by atoms with Gasteiger partial charge in [0.1, 0.15) is 0 Å². The van der Waals surface area contributed by atoms with Crippen LogP contribution in [0.15, 0.2) is 0 Å². The molecule has 0 unspecified atom stereocenters. The summed E-state index contributed by atoms with van der Waals surface area (Å²) in [7, 11) is -4.67. The van der Waals surface area contributed by atoms with Crippen LogP contribution in [0.2, 0.25) is 0 Å². The Morgan fingerprint density at radius 1 is 0.842 bits per heavy atom. The van der Waals surface area contributed by atoms with Crippen LogP contribution in [0.4, 0.5) is 39.5 Å². The normalized spacial score (nSPS) is 13.5. The Morgan fingerprint density at radius 3 is 1.11 bits per heavy atom. The van der Waals surface area contributed by atoms with E-state index >= 15 is 0 Å². The molecule has 0 aromatic heterocycles. The summed E-state index contributed by atoms with van der Waals surface area (Å²) in [5.41, 5.74) is 0. The van der Waals surface area contributed by atoms with Gasteiger partial charge in [0.15, 0.2) is 0 Å². The SMILES string of the molecule is FC(F)C(F)(F)C(F)(F)C(F)(F)F.O=S(=O)(O)O.[LiH]. The maximum absolute atomic E-state index is 11.6. The summed E-state index contributed by atoms with van der Waals surface area (Å²) in [4.78, 5) is 0. The molecule has 0 spiro atoms. The van der Waals surface area contributed by atoms with E-state index in [1.54, 1.807) is 0 Å². The molecular weight excluding hydrogens is 322 g/mol. The number of alkyl halides is 9. The van der Waals surface area contributed by atoms with Crippen LogP contribution in [0.1, 0.15) is 0 Å². The van der Waals surface area contributed by atoms with Crippen LogP contribution in [0.25, 0.3) is 0 Å². The third kappa shape index (κ3) is 7.87. The van der Waals surface area contributed by atoms with E-state index in [0.29, 0.717) is 0 Å². The summed E-state index contributed by atoms with van der Waals surface area (Å²) in [5, 5.41) is 0. The molecule has 15 heteroatoms. The van der Waals surface area contributed by atoms with Crippen molar-refractivity contribution in [2.75, 3.05) is 0 Å². The van der Waals surface area contributed by atoms with Gasteiger partial charge in [0, 0.05) is 0 Å². The van der Waals surface area contributed by atoms with E-state index in [1.165, 1.54) is 0 Å². The second-order valence-corrected chi connectivity index (χ2v) is 3.34. The van der Waals surface area contributed by atoms with Gasteiger partial charge in [-0.1, -0.05) is 0 Å². The molecule has 0 bridgehead atoms. The van der Waals surface area contributed by atoms with Gasteiger partial charge in [-0.15, -0.1) is 0 Å². The number of halogens is 9. The van der Waals surface area contributed by atoms with Gasteiger partial charge in [-0.05, 0) is 0 Å². The van der Waals surface area contributed by atoms with Crippen LogP contribution < -0.4 is 0 Å². The Bertz CT molecular complexity index is 355. The molecule has 4 nitrogen and oxygen atoms in total. The van der Waals surface area contributed by atoms with Gasteiger partial charge in [0.25, 0.3) is 0 Å². The second kappa shape index (κ2) is 7.02. The zero-order chi connectivity index (χ0) is 15.6. The Hall–Kier alpha value is -0.163. The molecular formula is C4H4F9LiO4S. The van der Waals surface area contributed by atoms with E-state index in [0.717, 1.165) is 0 Å². The van der Waals surface area contributed by atoms with Gasteiger partial charge < -0.3 is 0 Å². The summed E-state index contributed by atoms with van der Waals surface area (Å²) in [6, 6.07) is 0. The van der Waals surface area contributed by atoms with Crippen molar-refractivity contribution in [1.82, 2.24) is 0 Å². The molecule has 114 valence electrons. The van der Waals surface area contributed by atoms with E-state index in [1.807, 2.05) is 0 Å². The molecule has 0 saturated heterocycles. The Kier molecular flexibility index (Phi) is 8.83. The standard InChI is InChI=1S/C4HF9.Li.H2O4S.H/c5-1(6)2(7,8)3(9,10)4(11,12)13;;1-5(2,3)4;/h1H;;(H2,1,2,3,4);. The molecule has 0 rings (SSSR count). The molecule has 2 N–H and O–H groups in total.